The number of nitrogen functional groups attached to an aromatic ring is 1. The second-order valence-corrected chi connectivity index (χ2v) is 8.99. The van der Waals surface area contributed by atoms with Crippen LogP contribution < -0.4 is 5.73 Å². The number of aryl methyl sites for hydroxylation is 1. The largest absolute Gasteiger partial charge is 0.383 e. The zero-order valence-electron chi connectivity index (χ0n) is 20.2. The molecule has 0 unspecified atom stereocenters. The number of Topliss-reactive ketones (excluding diaryl/α,β-unsaturated/α-hetero) is 1. The van der Waals surface area contributed by atoms with Crippen LogP contribution in [0.25, 0.3) is 22.3 Å². The van der Waals surface area contributed by atoms with Crippen molar-refractivity contribution in [3.05, 3.63) is 78.7 Å². The van der Waals surface area contributed by atoms with E-state index in [0.29, 0.717) is 42.1 Å². The average Bonchev–Trinajstić information content (AvgIpc) is 3.33. The lowest BCUT2D eigenvalue weighted by atomic mass is 10.0. The summed E-state index contributed by atoms with van der Waals surface area (Å²) in [6.45, 7) is 4.79. The van der Waals surface area contributed by atoms with Gasteiger partial charge in [-0.3, -0.25) is 14.6 Å². The number of ketones is 1. The highest BCUT2D eigenvalue weighted by atomic mass is 19.1. The van der Waals surface area contributed by atoms with Crippen molar-refractivity contribution in [3.8, 4) is 11.3 Å². The highest BCUT2D eigenvalue weighted by molar-refractivity contribution is 5.98. The van der Waals surface area contributed by atoms with Gasteiger partial charge in [0.1, 0.15) is 23.5 Å². The lowest BCUT2D eigenvalue weighted by Crippen LogP contribution is -2.40. The van der Waals surface area contributed by atoms with Crippen molar-refractivity contribution in [2.45, 2.75) is 31.7 Å². The number of hydrogen-bond donors (Lipinski definition) is 1. The molecule has 5 rings (SSSR count). The van der Waals surface area contributed by atoms with Crippen molar-refractivity contribution < 1.29 is 14.0 Å². The molecule has 0 spiro atoms. The molecule has 1 amide bonds. The lowest BCUT2D eigenvalue weighted by Gasteiger charge is -2.32. The summed E-state index contributed by atoms with van der Waals surface area (Å²) in [6, 6.07) is 10.3. The maximum Gasteiger partial charge on any atom is 0.246 e. The standard InChI is InChI=1S/C27H26FN7O2/c1-2-22(37)34-14-4-5-19(15-34)35-27-23(26(29)31-16-32-27)24(33-35)18-10-7-17(8-11-18)9-12-21(36)25-20(28)6-3-13-30-25/h2-3,6-8,10-11,13,16,19H,1,4-5,9,12,14-15H2,(H2,29,31,32)/t19-/m1/s1. The number of benzene rings is 1. The van der Waals surface area contributed by atoms with Crippen LogP contribution in [0.5, 0.6) is 0 Å². The molecular weight excluding hydrogens is 473 g/mol. The van der Waals surface area contributed by atoms with E-state index in [1.807, 2.05) is 28.9 Å². The molecule has 0 aliphatic carbocycles. The van der Waals surface area contributed by atoms with Gasteiger partial charge in [0.05, 0.1) is 11.4 Å². The Hall–Kier alpha value is -4.47. The second-order valence-electron chi connectivity index (χ2n) is 8.99. The fraction of sp³-hybridized carbons (Fsp3) is 0.259. The van der Waals surface area contributed by atoms with E-state index in [0.717, 1.165) is 24.0 Å². The summed E-state index contributed by atoms with van der Waals surface area (Å²) in [5, 5.41) is 5.54. The van der Waals surface area contributed by atoms with Crippen LogP contribution in [0.15, 0.2) is 61.6 Å². The Morgan fingerprint density at radius 3 is 2.73 bits per heavy atom. The Balaban J connectivity index is 1.40. The van der Waals surface area contributed by atoms with Crippen molar-refractivity contribution in [2.75, 3.05) is 18.8 Å². The molecule has 3 aromatic heterocycles. The van der Waals surface area contributed by atoms with Gasteiger partial charge in [-0.25, -0.2) is 19.0 Å². The van der Waals surface area contributed by atoms with E-state index in [4.69, 9.17) is 10.8 Å². The molecule has 4 aromatic rings. The molecule has 1 atom stereocenters. The number of carbonyl (C=O) groups is 2. The first-order chi connectivity index (χ1) is 18.0. The summed E-state index contributed by atoms with van der Waals surface area (Å²) in [5.41, 5.74) is 9.14. The summed E-state index contributed by atoms with van der Waals surface area (Å²) < 4.78 is 15.7. The van der Waals surface area contributed by atoms with E-state index < -0.39 is 5.82 Å². The molecule has 1 aromatic carbocycles. The van der Waals surface area contributed by atoms with Gasteiger partial charge in [0.2, 0.25) is 5.91 Å². The van der Waals surface area contributed by atoms with Crippen LogP contribution in [0.3, 0.4) is 0 Å². The van der Waals surface area contributed by atoms with Gasteiger partial charge in [-0.15, -0.1) is 0 Å². The molecule has 1 saturated heterocycles. The number of piperidine rings is 1. The normalized spacial score (nSPS) is 15.6. The predicted octanol–water partition coefficient (Wildman–Crippen LogP) is 3.77. The van der Waals surface area contributed by atoms with Gasteiger partial charge >= 0.3 is 0 Å². The molecular formula is C27H26FN7O2. The van der Waals surface area contributed by atoms with Crippen LogP contribution in [-0.4, -0.2) is 54.4 Å². The molecule has 37 heavy (non-hydrogen) atoms. The minimum atomic E-state index is -0.611. The molecule has 9 nitrogen and oxygen atoms in total. The lowest BCUT2D eigenvalue weighted by molar-refractivity contribution is -0.127. The fourth-order valence-corrected chi connectivity index (χ4v) is 4.73. The summed E-state index contributed by atoms with van der Waals surface area (Å²) >= 11 is 0. The number of nitrogens with two attached hydrogens (primary N) is 1. The third-order valence-corrected chi connectivity index (χ3v) is 6.64. The van der Waals surface area contributed by atoms with Crippen LogP contribution in [0, 0.1) is 5.82 Å². The third kappa shape index (κ3) is 4.82. The number of carbonyl (C=O) groups excluding carboxylic acids is 2. The van der Waals surface area contributed by atoms with Crippen molar-refractivity contribution in [1.82, 2.24) is 29.6 Å². The monoisotopic (exact) mass is 499 g/mol. The Kier molecular flexibility index (Phi) is 6.72. The predicted molar refractivity (Wildman–Crippen MR) is 137 cm³/mol. The van der Waals surface area contributed by atoms with E-state index >= 15 is 0 Å². The van der Waals surface area contributed by atoms with Crippen molar-refractivity contribution in [3.63, 3.8) is 0 Å². The highest BCUT2D eigenvalue weighted by Gasteiger charge is 2.28. The van der Waals surface area contributed by atoms with Crippen LogP contribution in [0.2, 0.25) is 0 Å². The Morgan fingerprint density at radius 1 is 1.16 bits per heavy atom. The molecule has 1 aliphatic rings. The number of pyridine rings is 1. The van der Waals surface area contributed by atoms with Gasteiger partial charge in [-0.2, -0.15) is 5.10 Å². The molecule has 1 fully saturated rings. The highest BCUT2D eigenvalue weighted by Crippen LogP contribution is 2.34. The summed E-state index contributed by atoms with van der Waals surface area (Å²) in [6.07, 6.45) is 6.45. The quantitative estimate of drug-likeness (QED) is 0.304. The van der Waals surface area contributed by atoms with Crippen LogP contribution in [0.4, 0.5) is 10.2 Å². The zero-order chi connectivity index (χ0) is 25.9. The van der Waals surface area contributed by atoms with Gasteiger partial charge in [-0.1, -0.05) is 30.8 Å². The number of rotatable bonds is 7. The van der Waals surface area contributed by atoms with Crippen molar-refractivity contribution >= 4 is 28.5 Å². The van der Waals surface area contributed by atoms with Gasteiger partial charge in [0.15, 0.2) is 17.2 Å². The fourth-order valence-electron chi connectivity index (χ4n) is 4.73. The summed E-state index contributed by atoms with van der Waals surface area (Å²) in [5.74, 6) is -0.725. The van der Waals surface area contributed by atoms with Gasteiger partial charge in [-0.05, 0) is 43.0 Å². The molecule has 0 radical (unpaired) electrons. The minimum absolute atomic E-state index is 0.0551. The van der Waals surface area contributed by atoms with E-state index in [2.05, 4.69) is 21.5 Å². The smallest absolute Gasteiger partial charge is 0.246 e. The SMILES string of the molecule is C=CC(=O)N1CCC[C@@H](n2nc(-c3ccc(CCC(=O)c4ncccc4F)cc3)c3c(N)ncnc32)C1. The summed E-state index contributed by atoms with van der Waals surface area (Å²) in [7, 11) is 0. The second kappa shape index (κ2) is 10.3. The minimum Gasteiger partial charge on any atom is -0.383 e. The molecule has 0 saturated carbocycles. The Labute approximate surface area is 212 Å². The van der Waals surface area contributed by atoms with Crippen LogP contribution in [0.1, 0.15) is 41.4 Å². The maximum absolute atomic E-state index is 13.8. The maximum atomic E-state index is 13.8. The van der Waals surface area contributed by atoms with E-state index in [9.17, 15) is 14.0 Å². The number of likely N-dealkylation sites (tertiary alicyclic amines) is 1. The van der Waals surface area contributed by atoms with Crippen LogP contribution >= 0.6 is 0 Å². The Morgan fingerprint density at radius 2 is 1.97 bits per heavy atom. The molecule has 10 heteroatoms. The topological polar surface area (TPSA) is 120 Å². The number of anilines is 1. The summed E-state index contributed by atoms with van der Waals surface area (Å²) in [4.78, 5) is 38.8. The van der Waals surface area contributed by atoms with Crippen molar-refractivity contribution in [2.24, 2.45) is 0 Å². The average molecular weight is 500 g/mol. The van der Waals surface area contributed by atoms with Gasteiger partial charge < -0.3 is 10.6 Å². The van der Waals surface area contributed by atoms with Crippen molar-refractivity contribution in [1.29, 1.82) is 0 Å². The number of amides is 1. The number of nitrogens with zero attached hydrogens (tertiary/aromatic N) is 6. The Bertz CT molecular complexity index is 1480. The van der Waals surface area contributed by atoms with E-state index in [1.54, 1.807) is 4.90 Å². The first-order valence-electron chi connectivity index (χ1n) is 12.1. The molecule has 4 heterocycles. The molecule has 2 N–H and O–H groups in total. The zero-order valence-corrected chi connectivity index (χ0v) is 20.2. The molecule has 188 valence electrons. The van der Waals surface area contributed by atoms with Gasteiger partial charge in [0.25, 0.3) is 0 Å². The molecule has 1 aliphatic heterocycles. The first kappa shape index (κ1) is 24.2. The third-order valence-electron chi connectivity index (χ3n) is 6.64. The van der Waals surface area contributed by atoms with Gasteiger partial charge in [0, 0.05) is 31.3 Å². The number of hydrogen-bond acceptors (Lipinski definition) is 7. The number of fused-ring (bicyclic) bond motifs is 1. The van der Waals surface area contributed by atoms with E-state index in [1.165, 1.54) is 30.7 Å². The van der Waals surface area contributed by atoms with E-state index in [-0.39, 0.29) is 29.8 Å². The first-order valence-corrected chi connectivity index (χ1v) is 12.1. The van der Waals surface area contributed by atoms with Crippen LogP contribution in [-0.2, 0) is 11.2 Å². The molecule has 0 bridgehead atoms. The number of halogens is 1. The number of aromatic nitrogens is 5.